The van der Waals surface area contributed by atoms with Gasteiger partial charge in [-0.1, -0.05) is 24.3 Å². The van der Waals surface area contributed by atoms with Crippen molar-refractivity contribution in [2.45, 2.75) is 6.92 Å². The van der Waals surface area contributed by atoms with Gasteiger partial charge in [-0.25, -0.2) is 4.79 Å². The predicted octanol–water partition coefficient (Wildman–Crippen LogP) is 2.66. The number of aryl methyl sites for hydroxylation is 1. The summed E-state index contributed by atoms with van der Waals surface area (Å²) in [6.45, 7) is 4.63. The third-order valence-electron chi connectivity index (χ3n) is 4.40. The number of aromatic carboxylic acids is 1. The van der Waals surface area contributed by atoms with Crippen molar-refractivity contribution in [2.24, 2.45) is 0 Å². The van der Waals surface area contributed by atoms with E-state index in [2.05, 4.69) is 17.0 Å². The summed E-state index contributed by atoms with van der Waals surface area (Å²) in [6, 6.07) is 14.8. The largest absolute Gasteiger partial charge is 0.478 e. The molecule has 0 radical (unpaired) electrons. The summed E-state index contributed by atoms with van der Waals surface area (Å²) in [5.74, 6) is -1.11. The minimum Gasteiger partial charge on any atom is -0.478 e. The summed E-state index contributed by atoms with van der Waals surface area (Å²) in [5, 5.41) is 9.12. The van der Waals surface area contributed by atoms with Crippen molar-refractivity contribution >= 4 is 17.6 Å². The molecule has 1 fully saturated rings. The van der Waals surface area contributed by atoms with E-state index in [1.54, 1.807) is 11.0 Å². The summed E-state index contributed by atoms with van der Waals surface area (Å²) in [4.78, 5) is 27.9. The highest BCUT2D eigenvalue weighted by Gasteiger charge is 2.24. The van der Waals surface area contributed by atoms with E-state index in [-0.39, 0.29) is 11.5 Å². The smallest absolute Gasteiger partial charge is 0.335 e. The molecule has 0 saturated carbocycles. The fraction of sp³-hybridized carbons (Fsp3) is 0.263. The van der Waals surface area contributed by atoms with Gasteiger partial charge in [0.2, 0.25) is 0 Å². The quantitative estimate of drug-likeness (QED) is 0.943. The Kier molecular flexibility index (Phi) is 4.51. The molecule has 0 aliphatic carbocycles. The molecule has 1 amide bonds. The number of piperazine rings is 1. The van der Waals surface area contributed by atoms with E-state index in [0.29, 0.717) is 18.7 Å². The Morgan fingerprint density at radius 2 is 1.62 bits per heavy atom. The zero-order valence-electron chi connectivity index (χ0n) is 13.6. The first-order chi connectivity index (χ1) is 11.6. The Morgan fingerprint density at radius 3 is 2.25 bits per heavy atom. The molecule has 3 rings (SSSR count). The minimum atomic E-state index is -1.02. The fourth-order valence-electron chi connectivity index (χ4n) is 2.96. The molecule has 5 nitrogen and oxygen atoms in total. The van der Waals surface area contributed by atoms with Gasteiger partial charge < -0.3 is 14.9 Å². The highest BCUT2D eigenvalue weighted by atomic mass is 16.4. The summed E-state index contributed by atoms with van der Waals surface area (Å²) < 4.78 is 0. The zero-order valence-corrected chi connectivity index (χ0v) is 13.6. The maximum absolute atomic E-state index is 12.8. The lowest BCUT2D eigenvalue weighted by Gasteiger charge is -2.36. The van der Waals surface area contributed by atoms with Crippen LogP contribution < -0.4 is 4.90 Å². The van der Waals surface area contributed by atoms with Crippen LogP contribution in [0.15, 0.2) is 48.5 Å². The monoisotopic (exact) mass is 324 g/mol. The van der Waals surface area contributed by atoms with Crippen LogP contribution in [0.4, 0.5) is 5.69 Å². The van der Waals surface area contributed by atoms with Crippen molar-refractivity contribution in [2.75, 3.05) is 31.1 Å². The van der Waals surface area contributed by atoms with Gasteiger partial charge in [0.15, 0.2) is 0 Å². The molecule has 1 N–H and O–H groups in total. The van der Waals surface area contributed by atoms with Gasteiger partial charge in [0.1, 0.15) is 0 Å². The molecule has 24 heavy (non-hydrogen) atoms. The molecule has 2 aromatic carbocycles. The van der Waals surface area contributed by atoms with Gasteiger partial charge in [0, 0.05) is 37.4 Å². The number of benzene rings is 2. The van der Waals surface area contributed by atoms with Gasteiger partial charge in [0.25, 0.3) is 5.91 Å². The third kappa shape index (κ3) is 3.25. The van der Waals surface area contributed by atoms with E-state index >= 15 is 0 Å². The zero-order chi connectivity index (χ0) is 17.1. The van der Waals surface area contributed by atoms with Gasteiger partial charge in [-0.05, 0) is 36.8 Å². The van der Waals surface area contributed by atoms with Crippen LogP contribution in [-0.4, -0.2) is 48.1 Å². The number of carbonyl (C=O) groups is 2. The Bertz CT molecular complexity index is 750. The number of rotatable bonds is 3. The highest BCUT2D eigenvalue weighted by Crippen LogP contribution is 2.19. The second-order valence-electron chi connectivity index (χ2n) is 5.95. The van der Waals surface area contributed by atoms with E-state index in [9.17, 15) is 9.59 Å². The van der Waals surface area contributed by atoms with E-state index in [1.165, 1.54) is 12.1 Å². The van der Waals surface area contributed by atoms with Gasteiger partial charge >= 0.3 is 5.97 Å². The summed E-state index contributed by atoms with van der Waals surface area (Å²) in [5.41, 5.74) is 2.58. The molecule has 5 heteroatoms. The molecule has 124 valence electrons. The molecule has 1 aliphatic rings. The van der Waals surface area contributed by atoms with Crippen molar-refractivity contribution in [1.82, 2.24) is 4.90 Å². The summed E-state index contributed by atoms with van der Waals surface area (Å²) in [7, 11) is 0. The Labute approximate surface area is 141 Å². The number of hydrogen-bond donors (Lipinski definition) is 1. The number of hydrogen-bond acceptors (Lipinski definition) is 3. The first kappa shape index (κ1) is 16.1. The maximum atomic E-state index is 12.8. The van der Waals surface area contributed by atoms with Gasteiger partial charge in [-0.15, -0.1) is 0 Å². The van der Waals surface area contributed by atoms with Crippen LogP contribution in [0.1, 0.15) is 26.3 Å². The first-order valence-corrected chi connectivity index (χ1v) is 7.99. The average molecular weight is 324 g/mol. The highest BCUT2D eigenvalue weighted by molar-refractivity contribution is 5.98. The van der Waals surface area contributed by atoms with E-state index < -0.39 is 5.97 Å². The molecule has 0 spiro atoms. The molecular formula is C19H20N2O3. The van der Waals surface area contributed by atoms with Crippen molar-refractivity contribution in [3.05, 3.63) is 65.2 Å². The van der Waals surface area contributed by atoms with E-state index in [0.717, 1.165) is 24.3 Å². The molecule has 1 aliphatic heterocycles. The number of carboxylic acids is 1. The molecule has 0 bridgehead atoms. The Hall–Kier alpha value is -2.82. The molecule has 1 saturated heterocycles. The van der Waals surface area contributed by atoms with Crippen molar-refractivity contribution in [3.63, 3.8) is 0 Å². The minimum absolute atomic E-state index is 0.0942. The molecule has 0 aromatic heterocycles. The summed E-state index contributed by atoms with van der Waals surface area (Å²) >= 11 is 0. The number of carboxylic acid groups (broad SMARTS) is 1. The molecule has 0 unspecified atom stereocenters. The maximum Gasteiger partial charge on any atom is 0.335 e. The van der Waals surface area contributed by atoms with E-state index in [4.69, 9.17) is 5.11 Å². The fourth-order valence-corrected chi connectivity index (χ4v) is 2.96. The lowest BCUT2D eigenvalue weighted by molar-refractivity contribution is 0.0697. The predicted molar refractivity (Wildman–Crippen MR) is 92.7 cm³/mol. The number of nitrogens with zero attached hydrogens (tertiary/aromatic N) is 2. The standard InChI is InChI=1S/C19H20N2O3/c1-14-7-8-15(19(23)24)13-17(14)18(22)21-11-9-20(10-12-21)16-5-3-2-4-6-16/h2-8,13H,9-12H2,1H3,(H,23,24). The van der Waals surface area contributed by atoms with Crippen LogP contribution in [0.25, 0.3) is 0 Å². The molecule has 2 aromatic rings. The van der Waals surface area contributed by atoms with Crippen molar-refractivity contribution < 1.29 is 14.7 Å². The van der Waals surface area contributed by atoms with Gasteiger partial charge in [-0.2, -0.15) is 0 Å². The van der Waals surface area contributed by atoms with Crippen molar-refractivity contribution in [1.29, 1.82) is 0 Å². The average Bonchev–Trinajstić information content (AvgIpc) is 2.62. The Morgan fingerprint density at radius 1 is 0.958 bits per heavy atom. The van der Waals surface area contributed by atoms with Crippen molar-refractivity contribution in [3.8, 4) is 0 Å². The molecular weight excluding hydrogens is 304 g/mol. The third-order valence-corrected chi connectivity index (χ3v) is 4.40. The van der Waals surface area contributed by atoms with Crippen LogP contribution >= 0.6 is 0 Å². The van der Waals surface area contributed by atoms with Crippen LogP contribution in [0.3, 0.4) is 0 Å². The second kappa shape index (κ2) is 6.74. The van der Waals surface area contributed by atoms with Gasteiger partial charge in [0.05, 0.1) is 5.56 Å². The molecule has 1 heterocycles. The number of amides is 1. The number of carbonyl (C=O) groups excluding carboxylic acids is 1. The summed E-state index contributed by atoms with van der Waals surface area (Å²) in [6.07, 6.45) is 0. The van der Waals surface area contributed by atoms with Crippen LogP contribution in [0.5, 0.6) is 0 Å². The van der Waals surface area contributed by atoms with Crippen LogP contribution in [0.2, 0.25) is 0 Å². The molecule has 0 atom stereocenters. The SMILES string of the molecule is Cc1ccc(C(=O)O)cc1C(=O)N1CCN(c2ccccc2)CC1. The van der Waals surface area contributed by atoms with Gasteiger partial charge in [-0.3, -0.25) is 4.79 Å². The number of anilines is 1. The normalized spacial score (nSPS) is 14.5. The Balaban J connectivity index is 1.71. The van der Waals surface area contributed by atoms with E-state index in [1.807, 2.05) is 25.1 Å². The second-order valence-corrected chi connectivity index (χ2v) is 5.95. The number of para-hydroxylation sites is 1. The van der Waals surface area contributed by atoms with Crippen LogP contribution in [0, 0.1) is 6.92 Å². The lowest BCUT2D eigenvalue weighted by Crippen LogP contribution is -2.49. The first-order valence-electron chi connectivity index (χ1n) is 7.99. The lowest BCUT2D eigenvalue weighted by atomic mass is 10.0. The topological polar surface area (TPSA) is 60.9 Å². The van der Waals surface area contributed by atoms with Crippen LogP contribution in [-0.2, 0) is 0 Å².